The van der Waals surface area contributed by atoms with E-state index in [0.717, 1.165) is 19.3 Å². The lowest BCUT2D eigenvalue weighted by atomic mass is 10.1. The molecule has 0 saturated heterocycles. The van der Waals surface area contributed by atoms with Gasteiger partial charge in [-0.25, -0.2) is 4.79 Å². The minimum absolute atomic E-state index is 0.180. The molecule has 2 amide bonds. The highest BCUT2D eigenvalue weighted by Gasteiger charge is 2.25. The summed E-state index contributed by atoms with van der Waals surface area (Å²) in [5, 5.41) is 19.4. The Kier molecular flexibility index (Phi) is 4.42. The number of aromatic nitrogens is 2. The Balaban J connectivity index is 1.77. The number of nitrogens with one attached hydrogen (secondary N) is 2. The van der Waals surface area contributed by atoms with Crippen molar-refractivity contribution in [2.45, 2.75) is 45.3 Å². The Morgan fingerprint density at radius 1 is 1.58 bits per heavy atom. The molecule has 0 unspecified atom stereocenters. The third-order valence-corrected chi connectivity index (χ3v) is 3.52. The Morgan fingerprint density at radius 3 is 2.95 bits per heavy atom. The van der Waals surface area contributed by atoms with Crippen LogP contribution >= 0.6 is 0 Å². The quantitative estimate of drug-likeness (QED) is 0.776. The molecule has 1 aromatic rings. The lowest BCUT2D eigenvalue weighted by molar-refractivity contribution is 0.133. The number of aliphatic hydroxyl groups excluding tert-OH is 1. The van der Waals surface area contributed by atoms with E-state index in [0.29, 0.717) is 12.4 Å². The van der Waals surface area contributed by atoms with Gasteiger partial charge in [0.25, 0.3) is 0 Å². The van der Waals surface area contributed by atoms with Crippen molar-refractivity contribution in [3.63, 3.8) is 0 Å². The Bertz CT molecular complexity index is 430. The predicted octanol–water partition coefficient (Wildman–Crippen LogP) is 1.75. The zero-order valence-electron chi connectivity index (χ0n) is 11.5. The fourth-order valence-corrected chi connectivity index (χ4v) is 2.33. The molecule has 1 aliphatic rings. The zero-order valence-corrected chi connectivity index (χ0v) is 11.5. The molecule has 1 aliphatic carbocycles. The van der Waals surface area contributed by atoms with Gasteiger partial charge in [-0.2, -0.15) is 5.10 Å². The van der Waals surface area contributed by atoms with E-state index in [1.807, 2.05) is 20.0 Å². The average molecular weight is 266 g/mol. The third kappa shape index (κ3) is 3.70. The Hall–Kier alpha value is -1.56. The summed E-state index contributed by atoms with van der Waals surface area (Å²) in [6, 6.07) is 1.77. The zero-order chi connectivity index (χ0) is 13.8. The van der Waals surface area contributed by atoms with E-state index in [1.165, 1.54) is 0 Å². The lowest BCUT2D eigenvalue weighted by Gasteiger charge is -2.14. The maximum absolute atomic E-state index is 11.7. The second kappa shape index (κ2) is 6.06. The molecule has 6 nitrogen and oxygen atoms in total. The van der Waals surface area contributed by atoms with E-state index in [-0.39, 0.29) is 24.1 Å². The molecular formula is C13H22N4O2. The van der Waals surface area contributed by atoms with Crippen LogP contribution in [0.2, 0.25) is 0 Å². The topological polar surface area (TPSA) is 79.2 Å². The summed E-state index contributed by atoms with van der Waals surface area (Å²) in [5.41, 5.74) is 0. The van der Waals surface area contributed by atoms with Crippen LogP contribution in [0.3, 0.4) is 0 Å². The van der Waals surface area contributed by atoms with Gasteiger partial charge < -0.3 is 10.4 Å². The maximum Gasteiger partial charge on any atom is 0.320 e. The van der Waals surface area contributed by atoms with Gasteiger partial charge in [-0.05, 0) is 26.7 Å². The second-order valence-electron chi connectivity index (χ2n) is 5.37. The first-order valence-corrected chi connectivity index (χ1v) is 6.84. The van der Waals surface area contributed by atoms with Gasteiger partial charge in [0.2, 0.25) is 0 Å². The molecule has 2 atom stereocenters. The number of carbonyl (C=O) groups excluding carboxylic acids is 1. The van der Waals surface area contributed by atoms with Crippen molar-refractivity contribution in [2.75, 3.05) is 11.9 Å². The highest BCUT2D eigenvalue weighted by atomic mass is 16.3. The van der Waals surface area contributed by atoms with Crippen LogP contribution in [0.4, 0.5) is 10.6 Å². The first-order valence-electron chi connectivity index (χ1n) is 6.84. The third-order valence-electron chi connectivity index (χ3n) is 3.52. The van der Waals surface area contributed by atoms with Gasteiger partial charge in [0.15, 0.2) is 5.82 Å². The largest absolute Gasteiger partial charge is 0.393 e. The maximum atomic E-state index is 11.7. The van der Waals surface area contributed by atoms with E-state index < -0.39 is 0 Å². The van der Waals surface area contributed by atoms with Crippen molar-refractivity contribution >= 4 is 11.8 Å². The van der Waals surface area contributed by atoms with Gasteiger partial charge in [-0.15, -0.1) is 0 Å². The van der Waals surface area contributed by atoms with E-state index in [9.17, 15) is 9.90 Å². The van der Waals surface area contributed by atoms with Crippen molar-refractivity contribution in [3.8, 4) is 0 Å². The molecule has 0 spiro atoms. The number of amides is 2. The fourth-order valence-electron chi connectivity index (χ4n) is 2.33. The smallest absolute Gasteiger partial charge is 0.320 e. The summed E-state index contributed by atoms with van der Waals surface area (Å²) in [6.07, 6.45) is 4.41. The lowest BCUT2D eigenvalue weighted by Crippen LogP contribution is -2.35. The highest BCUT2D eigenvalue weighted by Crippen LogP contribution is 2.24. The van der Waals surface area contributed by atoms with Crippen LogP contribution in [0.15, 0.2) is 12.3 Å². The van der Waals surface area contributed by atoms with Crippen LogP contribution in [0.5, 0.6) is 0 Å². The molecule has 1 fully saturated rings. The molecule has 3 N–H and O–H groups in total. The summed E-state index contributed by atoms with van der Waals surface area (Å²) in [5.74, 6) is 0.720. The van der Waals surface area contributed by atoms with Crippen molar-refractivity contribution in [2.24, 2.45) is 5.92 Å². The van der Waals surface area contributed by atoms with Gasteiger partial charge in [0, 0.05) is 30.8 Å². The standard InChI is InChI=1S/C13H22N4O2/c1-9(2)17-7-6-12(16-17)15-13(19)14-8-10-4-3-5-11(10)18/h6-7,9-11,18H,3-5,8H2,1-2H3,(H2,14,15,16,19)/t10-,11+/m1/s1. The molecule has 1 heterocycles. The number of nitrogens with zero attached hydrogens (tertiary/aromatic N) is 2. The number of urea groups is 1. The number of hydrogen-bond donors (Lipinski definition) is 3. The second-order valence-corrected chi connectivity index (χ2v) is 5.37. The SMILES string of the molecule is CC(C)n1ccc(NC(=O)NC[C@H]2CCC[C@@H]2O)n1. The average Bonchev–Trinajstić information content (AvgIpc) is 2.96. The minimum atomic E-state index is -0.277. The highest BCUT2D eigenvalue weighted by molar-refractivity contribution is 5.88. The van der Waals surface area contributed by atoms with Crippen molar-refractivity contribution in [1.29, 1.82) is 0 Å². The molecule has 1 saturated carbocycles. The van der Waals surface area contributed by atoms with E-state index >= 15 is 0 Å². The molecule has 0 radical (unpaired) electrons. The van der Waals surface area contributed by atoms with Gasteiger partial charge in [0.05, 0.1) is 6.10 Å². The van der Waals surface area contributed by atoms with Crippen molar-refractivity contribution in [1.82, 2.24) is 15.1 Å². The van der Waals surface area contributed by atoms with Crippen LogP contribution in [0.25, 0.3) is 0 Å². The van der Waals surface area contributed by atoms with Gasteiger partial charge >= 0.3 is 6.03 Å². The van der Waals surface area contributed by atoms with Crippen molar-refractivity contribution < 1.29 is 9.90 Å². The molecule has 0 bridgehead atoms. The van der Waals surface area contributed by atoms with Crippen LogP contribution in [-0.2, 0) is 0 Å². The summed E-state index contributed by atoms with van der Waals surface area (Å²) < 4.78 is 1.79. The van der Waals surface area contributed by atoms with Gasteiger partial charge in [-0.1, -0.05) is 6.42 Å². The normalized spacial score (nSPS) is 22.7. The monoisotopic (exact) mass is 266 g/mol. The van der Waals surface area contributed by atoms with E-state index in [1.54, 1.807) is 10.7 Å². The fraction of sp³-hybridized carbons (Fsp3) is 0.692. The van der Waals surface area contributed by atoms with Crippen LogP contribution in [0.1, 0.15) is 39.2 Å². The summed E-state index contributed by atoms with van der Waals surface area (Å²) in [7, 11) is 0. The van der Waals surface area contributed by atoms with Gasteiger partial charge in [-0.3, -0.25) is 10.00 Å². The summed E-state index contributed by atoms with van der Waals surface area (Å²) in [6.45, 7) is 4.56. The molecule has 6 heteroatoms. The molecular weight excluding hydrogens is 244 g/mol. The van der Waals surface area contributed by atoms with Crippen LogP contribution in [0, 0.1) is 5.92 Å². The van der Waals surface area contributed by atoms with Crippen molar-refractivity contribution in [3.05, 3.63) is 12.3 Å². The number of aliphatic hydroxyl groups is 1. The number of carbonyl (C=O) groups is 1. The van der Waals surface area contributed by atoms with Gasteiger partial charge in [0.1, 0.15) is 0 Å². The number of rotatable bonds is 4. The number of hydrogen-bond acceptors (Lipinski definition) is 3. The molecule has 106 valence electrons. The van der Waals surface area contributed by atoms with Crippen LogP contribution < -0.4 is 10.6 Å². The molecule has 2 rings (SSSR count). The minimum Gasteiger partial charge on any atom is -0.393 e. The first-order chi connectivity index (χ1) is 9.06. The Labute approximate surface area is 113 Å². The number of anilines is 1. The van der Waals surface area contributed by atoms with Crippen LogP contribution in [-0.4, -0.2) is 33.6 Å². The molecule has 1 aromatic heterocycles. The molecule has 0 aliphatic heterocycles. The first kappa shape index (κ1) is 13.9. The predicted molar refractivity (Wildman–Crippen MR) is 73.0 cm³/mol. The molecule has 19 heavy (non-hydrogen) atoms. The van der Waals surface area contributed by atoms with E-state index in [4.69, 9.17) is 0 Å². The Morgan fingerprint density at radius 2 is 2.37 bits per heavy atom. The summed E-state index contributed by atoms with van der Waals surface area (Å²) in [4.78, 5) is 11.7. The molecule has 0 aromatic carbocycles. The van der Waals surface area contributed by atoms with E-state index in [2.05, 4.69) is 15.7 Å². The summed E-state index contributed by atoms with van der Waals surface area (Å²) >= 11 is 0.